The molecule has 5 rings (SSSR count). The maximum Gasteiger partial charge on any atom is 0.234 e. The standard InChI is InChI=1S/C24H22N4OS2/c29-22(25-20-10-5-4-9-18(20)15-17-7-2-1-3-8-17)16-31-24-27-26-23(21-11-6-14-30-21)28(24)19-12-13-19/h1-11,14,19H,12-13,15-16H2,(H,25,29). The van der Waals surface area contributed by atoms with Crippen molar-refractivity contribution >= 4 is 34.7 Å². The van der Waals surface area contributed by atoms with Crippen molar-refractivity contribution < 1.29 is 4.79 Å². The number of hydrogen-bond donors (Lipinski definition) is 1. The van der Waals surface area contributed by atoms with Crippen LogP contribution in [0.1, 0.15) is 30.0 Å². The quantitative estimate of drug-likeness (QED) is 0.355. The number of carbonyl (C=O) groups is 1. The van der Waals surface area contributed by atoms with Gasteiger partial charge in [-0.25, -0.2) is 0 Å². The van der Waals surface area contributed by atoms with E-state index in [1.165, 1.54) is 17.3 Å². The van der Waals surface area contributed by atoms with E-state index in [1.807, 2.05) is 42.5 Å². The van der Waals surface area contributed by atoms with Crippen LogP contribution in [0, 0.1) is 0 Å². The third-order valence-corrected chi connectivity index (χ3v) is 6.99. The van der Waals surface area contributed by atoms with E-state index in [0.29, 0.717) is 11.8 Å². The number of thiophene rings is 1. The molecule has 2 heterocycles. The molecule has 0 saturated heterocycles. The Hall–Kier alpha value is -2.90. The summed E-state index contributed by atoms with van der Waals surface area (Å²) in [6, 6.07) is 22.8. The number of nitrogens with one attached hydrogen (secondary N) is 1. The second-order valence-corrected chi connectivity index (χ2v) is 9.43. The van der Waals surface area contributed by atoms with Crippen LogP contribution >= 0.6 is 23.1 Å². The van der Waals surface area contributed by atoms with Crippen LogP contribution in [0.3, 0.4) is 0 Å². The Morgan fingerprint density at radius 3 is 2.61 bits per heavy atom. The summed E-state index contributed by atoms with van der Waals surface area (Å²) in [6.45, 7) is 0. The van der Waals surface area contributed by atoms with Crippen molar-refractivity contribution in [2.45, 2.75) is 30.5 Å². The number of rotatable bonds is 8. The van der Waals surface area contributed by atoms with E-state index >= 15 is 0 Å². The zero-order chi connectivity index (χ0) is 21.0. The molecule has 2 aromatic heterocycles. The third-order valence-electron chi connectivity index (χ3n) is 5.18. The monoisotopic (exact) mass is 446 g/mol. The highest BCUT2D eigenvalue weighted by atomic mass is 32.2. The molecule has 0 aliphatic heterocycles. The predicted octanol–water partition coefficient (Wildman–Crippen LogP) is 5.66. The lowest BCUT2D eigenvalue weighted by molar-refractivity contribution is -0.113. The lowest BCUT2D eigenvalue weighted by atomic mass is 10.0. The molecule has 1 amide bonds. The van der Waals surface area contributed by atoms with Gasteiger partial charge < -0.3 is 5.32 Å². The Bertz CT molecular complexity index is 1170. The number of hydrogen-bond acceptors (Lipinski definition) is 5. The second kappa shape index (κ2) is 9.08. The minimum absolute atomic E-state index is 0.0338. The summed E-state index contributed by atoms with van der Waals surface area (Å²) in [7, 11) is 0. The number of nitrogens with zero attached hydrogens (tertiary/aromatic N) is 3. The fourth-order valence-electron chi connectivity index (χ4n) is 3.54. The van der Waals surface area contributed by atoms with Crippen molar-refractivity contribution in [3.05, 3.63) is 83.2 Å². The molecule has 31 heavy (non-hydrogen) atoms. The molecular formula is C24H22N4OS2. The molecule has 1 aliphatic carbocycles. The molecule has 1 N–H and O–H groups in total. The van der Waals surface area contributed by atoms with Gasteiger partial charge in [-0.2, -0.15) is 0 Å². The van der Waals surface area contributed by atoms with Crippen LogP contribution in [0.4, 0.5) is 5.69 Å². The molecule has 2 aromatic carbocycles. The van der Waals surface area contributed by atoms with Crippen LogP contribution in [0.25, 0.3) is 10.7 Å². The largest absolute Gasteiger partial charge is 0.325 e. The van der Waals surface area contributed by atoms with Crippen LogP contribution < -0.4 is 5.32 Å². The van der Waals surface area contributed by atoms with Gasteiger partial charge in [0.15, 0.2) is 11.0 Å². The Morgan fingerprint density at radius 2 is 1.84 bits per heavy atom. The maximum atomic E-state index is 12.7. The third kappa shape index (κ3) is 4.73. The zero-order valence-electron chi connectivity index (χ0n) is 16.9. The van der Waals surface area contributed by atoms with Gasteiger partial charge in [0.2, 0.25) is 5.91 Å². The second-order valence-electron chi connectivity index (χ2n) is 7.54. The fourth-order valence-corrected chi connectivity index (χ4v) is 5.05. The summed E-state index contributed by atoms with van der Waals surface area (Å²) in [5.74, 6) is 1.18. The lowest BCUT2D eigenvalue weighted by Crippen LogP contribution is -2.16. The van der Waals surface area contributed by atoms with Gasteiger partial charge >= 0.3 is 0 Å². The SMILES string of the molecule is O=C(CSc1nnc(-c2cccs2)n1C1CC1)Nc1ccccc1Cc1ccccc1. The number of para-hydroxylation sites is 1. The molecule has 156 valence electrons. The van der Waals surface area contributed by atoms with Gasteiger partial charge in [-0.3, -0.25) is 9.36 Å². The normalized spacial score (nSPS) is 13.3. The van der Waals surface area contributed by atoms with Gasteiger partial charge in [0, 0.05) is 11.7 Å². The van der Waals surface area contributed by atoms with Gasteiger partial charge in [-0.1, -0.05) is 66.4 Å². The molecule has 0 unspecified atom stereocenters. The molecule has 0 atom stereocenters. The lowest BCUT2D eigenvalue weighted by Gasteiger charge is -2.12. The Labute approximate surface area is 189 Å². The van der Waals surface area contributed by atoms with Crippen molar-refractivity contribution in [3.63, 3.8) is 0 Å². The number of benzene rings is 2. The number of carbonyl (C=O) groups excluding carboxylic acids is 1. The number of aromatic nitrogens is 3. The van der Waals surface area contributed by atoms with Crippen LogP contribution in [0.15, 0.2) is 77.3 Å². The summed E-state index contributed by atoms with van der Waals surface area (Å²) < 4.78 is 2.20. The van der Waals surface area contributed by atoms with Crippen LogP contribution in [-0.4, -0.2) is 26.4 Å². The van der Waals surface area contributed by atoms with Crippen molar-refractivity contribution in [1.29, 1.82) is 0 Å². The van der Waals surface area contributed by atoms with E-state index in [2.05, 4.69) is 49.7 Å². The summed E-state index contributed by atoms with van der Waals surface area (Å²) in [4.78, 5) is 13.9. The molecule has 0 spiro atoms. The van der Waals surface area contributed by atoms with Crippen LogP contribution in [-0.2, 0) is 11.2 Å². The fraction of sp³-hybridized carbons (Fsp3) is 0.208. The summed E-state index contributed by atoms with van der Waals surface area (Å²) in [5.41, 5.74) is 3.19. The molecule has 5 nitrogen and oxygen atoms in total. The van der Waals surface area contributed by atoms with E-state index < -0.39 is 0 Å². The molecular weight excluding hydrogens is 424 g/mol. The first-order valence-corrected chi connectivity index (χ1v) is 12.2. The van der Waals surface area contributed by atoms with E-state index in [4.69, 9.17) is 0 Å². The van der Waals surface area contributed by atoms with E-state index in [0.717, 1.165) is 46.4 Å². The first-order valence-electron chi connectivity index (χ1n) is 10.3. The van der Waals surface area contributed by atoms with Crippen LogP contribution in [0.5, 0.6) is 0 Å². The molecule has 0 radical (unpaired) electrons. The van der Waals surface area contributed by atoms with Gasteiger partial charge in [0.25, 0.3) is 0 Å². The first-order chi connectivity index (χ1) is 15.3. The highest BCUT2D eigenvalue weighted by Crippen LogP contribution is 2.41. The summed E-state index contributed by atoms with van der Waals surface area (Å²) >= 11 is 3.12. The highest BCUT2D eigenvalue weighted by molar-refractivity contribution is 7.99. The van der Waals surface area contributed by atoms with Crippen molar-refractivity contribution in [1.82, 2.24) is 14.8 Å². The predicted molar refractivity (Wildman–Crippen MR) is 127 cm³/mol. The average molecular weight is 447 g/mol. The summed E-state index contributed by atoms with van der Waals surface area (Å²) in [6.07, 6.45) is 3.07. The minimum Gasteiger partial charge on any atom is -0.325 e. The number of anilines is 1. The maximum absolute atomic E-state index is 12.7. The number of thioether (sulfide) groups is 1. The van der Waals surface area contributed by atoms with E-state index in [9.17, 15) is 4.79 Å². The Kier molecular flexibility index (Phi) is 5.86. The van der Waals surface area contributed by atoms with Crippen molar-refractivity contribution in [2.75, 3.05) is 11.1 Å². The van der Waals surface area contributed by atoms with E-state index in [-0.39, 0.29) is 5.91 Å². The average Bonchev–Trinajstić information content (AvgIpc) is 3.31. The van der Waals surface area contributed by atoms with Gasteiger partial charge in [-0.15, -0.1) is 21.5 Å². The summed E-state index contributed by atoms with van der Waals surface area (Å²) in [5, 5.41) is 14.8. The van der Waals surface area contributed by atoms with Crippen molar-refractivity contribution in [3.8, 4) is 10.7 Å². The topological polar surface area (TPSA) is 59.8 Å². The molecule has 4 aromatic rings. The molecule has 0 bridgehead atoms. The zero-order valence-corrected chi connectivity index (χ0v) is 18.5. The van der Waals surface area contributed by atoms with Crippen molar-refractivity contribution in [2.24, 2.45) is 0 Å². The minimum atomic E-state index is -0.0338. The number of amides is 1. The van der Waals surface area contributed by atoms with Crippen LogP contribution in [0.2, 0.25) is 0 Å². The van der Waals surface area contributed by atoms with Gasteiger partial charge in [-0.05, 0) is 47.9 Å². The molecule has 1 fully saturated rings. The smallest absolute Gasteiger partial charge is 0.234 e. The van der Waals surface area contributed by atoms with Gasteiger partial charge in [0.05, 0.1) is 10.6 Å². The molecule has 7 heteroatoms. The first kappa shape index (κ1) is 20.0. The Morgan fingerprint density at radius 1 is 1.03 bits per heavy atom. The highest BCUT2D eigenvalue weighted by Gasteiger charge is 2.30. The van der Waals surface area contributed by atoms with Gasteiger partial charge in [0.1, 0.15) is 0 Å². The Balaban J connectivity index is 1.27. The molecule has 1 aliphatic rings. The molecule has 1 saturated carbocycles. The van der Waals surface area contributed by atoms with E-state index in [1.54, 1.807) is 11.3 Å².